The molecule has 0 fully saturated rings. The minimum absolute atomic E-state index is 0.0936. The van der Waals surface area contributed by atoms with Crippen LogP contribution in [0.4, 0.5) is 5.69 Å². The molecule has 0 unspecified atom stereocenters. The van der Waals surface area contributed by atoms with Crippen molar-refractivity contribution in [2.24, 2.45) is 0 Å². The largest absolute Gasteiger partial charge is 0.308 e. The SMILES string of the molecule is CC(C)c1ccc(S(=O)(=O)c2ccc(NNS(=O)(=O)c3cccc(Cl)c3Cl)cc2)cc1. The second-order valence-corrected chi connectivity index (χ2v) is 11.4. The molecule has 0 saturated carbocycles. The summed E-state index contributed by atoms with van der Waals surface area (Å²) in [6.07, 6.45) is 0. The molecule has 0 atom stereocenters. The van der Waals surface area contributed by atoms with E-state index in [1.54, 1.807) is 24.3 Å². The first-order chi connectivity index (χ1) is 14.5. The fraction of sp³-hybridized carbons (Fsp3) is 0.143. The van der Waals surface area contributed by atoms with Gasteiger partial charge in [0.05, 0.1) is 19.8 Å². The summed E-state index contributed by atoms with van der Waals surface area (Å²) in [4.78, 5) is 2.30. The molecule has 0 bridgehead atoms. The summed E-state index contributed by atoms with van der Waals surface area (Å²) in [6.45, 7) is 4.06. The van der Waals surface area contributed by atoms with Gasteiger partial charge in [0.1, 0.15) is 4.90 Å². The Hall–Kier alpha value is -2.10. The molecule has 6 nitrogen and oxygen atoms in total. The van der Waals surface area contributed by atoms with Crippen molar-refractivity contribution in [2.75, 3.05) is 5.43 Å². The maximum Gasteiger partial charge on any atom is 0.258 e. The quantitative estimate of drug-likeness (QED) is 0.433. The molecule has 3 aromatic carbocycles. The van der Waals surface area contributed by atoms with Crippen molar-refractivity contribution < 1.29 is 16.8 Å². The van der Waals surface area contributed by atoms with Gasteiger partial charge in [-0.05, 0) is 60.0 Å². The fourth-order valence-corrected chi connectivity index (χ4v) is 5.65. The smallest absolute Gasteiger partial charge is 0.258 e. The van der Waals surface area contributed by atoms with E-state index in [9.17, 15) is 16.8 Å². The Balaban J connectivity index is 1.76. The third-order valence-corrected chi connectivity index (χ3v) is 8.56. The van der Waals surface area contributed by atoms with Crippen molar-refractivity contribution in [3.8, 4) is 0 Å². The molecular formula is C21H20Cl2N2O4S2. The van der Waals surface area contributed by atoms with Crippen molar-refractivity contribution in [3.05, 3.63) is 82.3 Å². The van der Waals surface area contributed by atoms with Crippen LogP contribution in [-0.4, -0.2) is 16.8 Å². The summed E-state index contributed by atoms with van der Waals surface area (Å²) in [5.41, 5.74) is 3.92. The third kappa shape index (κ3) is 5.22. The molecule has 0 amide bonds. The maximum atomic E-state index is 12.8. The molecule has 10 heteroatoms. The summed E-state index contributed by atoms with van der Waals surface area (Å²) >= 11 is 11.8. The topological polar surface area (TPSA) is 92.3 Å². The van der Waals surface area contributed by atoms with E-state index in [4.69, 9.17) is 23.2 Å². The van der Waals surface area contributed by atoms with Crippen molar-refractivity contribution in [3.63, 3.8) is 0 Å². The number of halogens is 2. The Labute approximate surface area is 192 Å². The molecule has 164 valence electrons. The Morgan fingerprint density at radius 2 is 1.32 bits per heavy atom. The van der Waals surface area contributed by atoms with Gasteiger partial charge in [-0.1, -0.05) is 55.2 Å². The minimum atomic E-state index is -4.00. The summed E-state index contributed by atoms with van der Waals surface area (Å²) in [5, 5.41) is 0.0175. The first-order valence-corrected chi connectivity index (χ1v) is 12.9. The number of benzene rings is 3. The van der Waals surface area contributed by atoms with Crippen LogP contribution in [0, 0.1) is 0 Å². The van der Waals surface area contributed by atoms with Crippen LogP contribution < -0.4 is 10.3 Å². The van der Waals surface area contributed by atoms with E-state index in [-0.39, 0.29) is 24.7 Å². The summed E-state index contributed by atoms with van der Waals surface area (Å²) < 4.78 is 50.6. The molecule has 3 rings (SSSR count). The zero-order valence-corrected chi connectivity index (χ0v) is 19.8. The second-order valence-electron chi connectivity index (χ2n) is 7.03. The average molecular weight is 499 g/mol. The van der Waals surface area contributed by atoms with Crippen LogP contribution in [0.25, 0.3) is 0 Å². The number of sulfone groups is 1. The number of anilines is 1. The van der Waals surface area contributed by atoms with E-state index in [1.807, 2.05) is 13.8 Å². The molecule has 0 saturated heterocycles. The van der Waals surface area contributed by atoms with Crippen LogP contribution in [0.5, 0.6) is 0 Å². The van der Waals surface area contributed by atoms with E-state index >= 15 is 0 Å². The van der Waals surface area contributed by atoms with Gasteiger partial charge in [0.15, 0.2) is 0 Å². The normalized spacial score (nSPS) is 12.2. The number of hydrogen-bond donors (Lipinski definition) is 2. The van der Waals surface area contributed by atoms with Gasteiger partial charge in [-0.15, -0.1) is 4.83 Å². The van der Waals surface area contributed by atoms with Gasteiger partial charge >= 0.3 is 0 Å². The Morgan fingerprint density at radius 3 is 1.87 bits per heavy atom. The first-order valence-electron chi connectivity index (χ1n) is 9.19. The summed E-state index contributed by atoms with van der Waals surface area (Å²) in [5.74, 6) is 0.299. The molecule has 0 spiro atoms. The average Bonchev–Trinajstić information content (AvgIpc) is 2.74. The maximum absolute atomic E-state index is 12.8. The molecule has 3 aromatic rings. The van der Waals surface area contributed by atoms with E-state index in [0.717, 1.165) is 5.56 Å². The van der Waals surface area contributed by atoms with Gasteiger partial charge in [-0.3, -0.25) is 0 Å². The third-order valence-electron chi connectivity index (χ3n) is 4.56. The molecule has 0 aliphatic rings. The number of rotatable bonds is 7. The van der Waals surface area contributed by atoms with Crippen molar-refractivity contribution in [1.29, 1.82) is 0 Å². The van der Waals surface area contributed by atoms with Crippen molar-refractivity contribution in [1.82, 2.24) is 4.83 Å². The standard InChI is InChI=1S/C21H20Cl2N2O4S2/c1-14(2)15-6-10-17(11-7-15)30(26,27)18-12-8-16(9-13-18)24-25-31(28,29)20-5-3-4-19(22)21(20)23/h3-14,24-25H,1-2H3. The first kappa shape index (κ1) is 23.6. The molecule has 0 radical (unpaired) electrons. The van der Waals surface area contributed by atoms with Crippen LogP contribution >= 0.6 is 23.2 Å². The zero-order chi connectivity index (χ0) is 22.8. The molecule has 0 heterocycles. The number of nitrogens with one attached hydrogen (secondary N) is 2. The number of hydrazine groups is 1. The summed E-state index contributed by atoms with van der Waals surface area (Å²) in [6, 6.07) is 16.7. The van der Waals surface area contributed by atoms with Crippen LogP contribution in [0.1, 0.15) is 25.3 Å². The molecular weight excluding hydrogens is 479 g/mol. The molecule has 0 aliphatic heterocycles. The fourth-order valence-electron chi connectivity index (χ4n) is 2.76. The van der Waals surface area contributed by atoms with Crippen LogP contribution in [0.15, 0.2) is 81.4 Å². The predicted molar refractivity (Wildman–Crippen MR) is 123 cm³/mol. The predicted octanol–water partition coefficient (Wildman–Crippen LogP) is 5.26. The lowest BCUT2D eigenvalue weighted by atomic mass is 10.0. The lowest BCUT2D eigenvalue weighted by Crippen LogP contribution is -2.29. The monoisotopic (exact) mass is 498 g/mol. The van der Waals surface area contributed by atoms with E-state index in [0.29, 0.717) is 11.6 Å². The van der Waals surface area contributed by atoms with E-state index < -0.39 is 19.9 Å². The Bertz CT molecular complexity index is 1290. The lowest BCUT2D eigenvalue weighted by molar-refractivity contribution is 0.587. The van der Waals surface area contributed by atoms with Crippen LogP contribution in [0.2, 0.25) is 10.0 Å². The van der Waals surface area contributed by atoms with Crippen molar-refractivity contribution >= 4 is 48.7 Å². The van der Waals surface area contributed by atoms with Gasteiger partial charge in [0.25, 0.3) is 10.0 Å². The van der Waals surface area contributed by atoms with Gasteiger partial charge < -0.3 is 5.43 Å². The number of sulfonamides is 1. The Morgan fingerprint density at radius 1 is 0.774 bits per heavy atom. The lowest BCUT2D eigenvalue weighted by Gasteiger charge is -2.12. The molecule has 2 N–H and O–H groups in total. The second kappa shape index (κ2) is 9.18. The highest BCUT2D eigenvalue weighted by Crippen LogP contribution is 2.29. The van der Waals surface area contributed by atoms with Gasteiger partial charge in [0, 0.05) is 5.69 Å². The highest BCUT2D eigenvalue weighted by molar-refractivity contribution is 7.91. The zero-order valence-electron chi connectivity index (χ0n) is 16.6. The highest BCUT2D eigenvalue weighted by Gasteiger charge is 2.20. The van der Waals surface area contributed by atoms with Gasteiger partial charge in [-0.25, -0.2) is 16.8 Å². The van der Waals surface area contributed by atoms with Crippen molar-refractivity contribution in [2.45, 2.75) is 34.5 Å². The Kier molecular flexibility index (Phi) is 6.98. The van der Waals surface area contributed by atoms with Gasteiger partial charge in [0.2, 0.25) is 9.84 Å². The van der Waals surface area contributed by atoms with Gasteiger partial charge in [-0.2, -0.15) is 0 Å². The van der Waals surface area contributed by atoms with Crippen LogP contribution in [0.3, 0.4) is 0 Å². The number of hydrogen-bond acceptors (Lipinski definition) is 5. The molecule has 0 aliphatic carbocycles. The van der Waals surface area contributed by atoms with E-state index in [2.05, 4.69) is 10.3 Å². The van der Waals surface area contributed by atoms with Crippen LogP contribution in [-0.2, 0) is 19.9 Å². The minimum Gasteiger partial charge on any atom is -0.308 e. The molecule has 0 aromatic heterocycles. The van der Waals surface area contributed by atoms with E-state index in [1.165, 1.54) is 42.5 Å². The summed E-state index contributed by atoms with van der Waals surface area (Å²) in [7, 11) is -7.69. The molecule has 31 heavy (non-hydrogen) atoms. The highest BCUT2D eigenvalue weighted by atomic mass is 35.5.